The molecular formula is C14H19N3O2S2. The molecule has 0 saturated heterocycles. The number of carbonyl (C=O) groups is 1. The van der Waals surface area contributed by atoms with Gasteiger partial charge >= 0.3 is 5.97 Å². The third-order valence-corrected chi connectivity index (χ3v) is 5.30. The molecule has 0 radical (unpaired) electrons. The van der Waals surface area contributed by atoms with E-state index in [1.165, 1.54) is 11.8 Å². The Kier molecular flexibility index (Phi) is 4.83. The number of carboxylic acid groups (broad SMARTS) is 1. The van der Waals surface area contributed by atoms with E-state index in [0.717, 1.165) is 23.3 Å². The fourth-order valence-electron chi connectivity index (χ4n) is 1.92. The van der Waals surface area contributed by atoms with Gasteiger partial charge in [0, 0.05) is 17.5 Å². The number of aliphatic carboxylic acids is 1. The predicted octanol–water partition coefficient (Wildman–Crippen LogP) is 3.06. The van der Waals surface area contributed by atoms with Gasteiger partial charge in [-0.1, -0.05) is 11.8 Å². The maximum absolute atomic E-state index is 10.8. The number of fused-ring (bicyclic) bond motifs is 1. The molecular weight excluding hydrogens is 306 g/mol. The van der Waals surface area contributed by atoms with E-state index in [1.54, 1.807) is 11.8 Å². The van der Waals surface area contributed by atoms with Gasteiger partial charge in [-0.25, -0.2) is 9.97 Å². The minimum Gasteiger partial charge on any atom is -0.481 e. The Hall–Kier alpha value is -1.21. The number of carboxylic acids is 1. The van der Waals surface area contributed by atoms with Crippen LogP contribution in [-0.4, -0.2) is 42.4 Å². The van der Waals surface area contributed by atoms with Crippen LogP contribution < -0.4 is 0 Å². The summed E-state index contributed by atoms with van der Waals surface area (Å²) in [6.07, 6.45) is 3.89. The molecule has 114 valence electrons. The smallest absolute Gasteiger partial charge is 0.313 e. The molecule has 5 nitrogen and oxygen atoms in total. The zero-order chi connectivity index (χ0) is 15.6. The van der Waals surface area contributed by atoms with Gasteiger partial charge in [0.2, 0.25) is 0 Å². The van der Waals surface area contributed by atoms with Crippen LogP contribution in [0.4, 0.5) is 0 Å². The number of imidazole rings is 1. The molecule has 0 unspecified atom stereocenters. The van der Waals surface area contributed by atoms with Crippen molar-refractivity contribution >= 4 is 40.7 Å². The molecule has 0 aliphatic rings. The first-order valence-corrected chi connectivity index (χ1v) is 8.76. The molecule has 2 aromatic heterocycles. The first kappa shape index (κ1) is 16.2. The molecule has 1 N–H and O–H groups in total. The van der Waals surface area contributed by atoms with Crippen LogP contribution in [0.3, 0.4) is 0 Å². The topological polar surface area (TPSA) is 68.0 Å². The molecule has 0 fully saturated rings. The number of aromatic nitrogens is 3. The third kappa shape index (κ3) is 3.91. The van der Waals surface area contributed by atoms with Gasteiger partial charge in [-0.3, -0.25) is 4.79 Å². The summed E-state index contributed by atoms with van der Waals surface area (Å²) < 4.78 is 2.05. The average molecular weight is 325 g/mol. The van der Waals surface area contributed by atoms with Crippen LogP contribution in [0.1, 0.15) is 19.4 Å². The number of nitrogens with zero attached hydrogens (tertiary/aromatic N) is 3. The highest BCUT2D eigenvalue weighted by molar-refractivity contribution is 8.00. The number of pyridine rings is 1. The highest BCUT2D eigenvalue weighted by Crippen LogP contribution is 2.29. The summed E-state index contributed by atoms with van der Waals surface area (Å²) in [5.74, 6) is -0.839. The fourth-order valence-corrected chi connectivity index (χ4v) is 2.90. The number of thioether (sulfide) groups is 2. The van der Waals surface area contributed by atoms with Crippen molar-refractivity contribution in [2.24, 2.45) is 0 Å². The van der Waals surface area contributed by atoms with Gasteiger partial charge in [-0.05, 0) is 38.7 Å². The predicted molar refractivity (Wildman–Crippen MR) is 88.2 cm³/mol. The van der Waals surface area contributed by atoms with Gasteiger partial charge in [0.15, 0.2) is 10.8 Å². The van der Waals surface area contributed by atoms with Crippen molar-refractivity contribution in [2.75, 3.05) is 12.0 Å². The summed E-state index contributed by atoms with van der Waals surface area (Å²) in [6, 6.07) is 1.98. The molecule has 0 bridgehead atoms. The number of hydrogen-bond donors (Lipinski definition) is 1. The second kappa shape index (κ2) is 6.27. The lowest BCUT2D eigenvalue weighted by Crippen LogP contribution is -2.23. The van der Waals surface area contributed by atoms with Crippen LogP contribution in [0.25, 0.3) is 11.2 Å². The van der Waals surface area contributed by atoms with Crippen molar-refractivity contribution in [1.29, 1.82) is 0 Å². The molecule has 0 spiro atoms. The molecule has 0 amide bonds. The lowest BCUT2D eigenvalue weighted by molar-refractivity contribution is -0.133. The SMILES string of the molecule is CSC(C)(C)Cn1c(SCC(=O)O)nc2cc(C)cnc21. The van der Waals surface area contributed by atoms with Gasteiger partial charge in [0.1, 0.15) is 5.52 Å². The molecule has 2 aromatic rings. The zero-order valence-electron chi connectivity index (χ0n) is 12.6. The van der Waals surface area contributed by atoms with Crippen molar-refractivity contribution in [3.8, 4) is 0 Å². The van der Waals surface area contributed by atoms with Crippen molar-refractivity contribution in [1.82, 2.24) is 14.5 Å². The van der Waals surface area contributed by atoms with Crippen LogP contribution in [0.5, 0.6) is 0 Å². The Bertz CT molecular complexity index is 668. The zero-order valence-corrected chi connectivity index (χ0v) is 14.2. The van der Waals surface area contributed by atoms with Crippen LogP contribution in [-0.2, 0) is 11.3 Å². The second-order valence-corrected chi connectivity index (χ2v) is 7.94. The number of aryl methyl sites for hydroxylation is 1. The monoisotopic (exact) mass is 325 g/mol. The van der Waals surface area contributed by atoms with Gasteiger partial charge in [-0.15, -0.1) is 0 Å². The summed E-state index contributed by atoms with van der Waals surface area (Å²) in [5, 5.41) is 9.60. The number of rotatable bonds is 6. The highest BCUT2D eigenvalue weighted by atomic mass is 32.2. The van der Waals surface area contributed by atoms with Crippen LogP contribution in [0.15, 0.2) is 17.4 Å². The average Bonchev–Trinajstić information content (AvgIpc) is 2.73. The van der Waals surface area contributed by atoms with E-state index in [9.17, 15) is 4.79 Å². The Morgan fingerprint density at radius 1 is 1.48 bits per heavy atom. The summed E-state index contributed by atoms with van der Waals surface area (Å²) in [4.78, 5) is 19.8. The Balaban J connectivity index is 2.46. The van der Waals surface area contributed by atoms with E-state index in [-0.39, 0.29) is 10.5 Å². The molecule has 0 aliphatic carbocycles. The lowest BCUT2D eigenvalue weighted by atomic mass is 10.2. The molecule has 0 aromatic carbocycles. The molecule has 7 heteroatoms. The van der Waals surface area contributed by atoms with Gasteiger partial charge < -0.3 is 9.67 Å². The van der Waals surface area contributed by atoms with E-state index in [2.05, 4.69) is 30.1 Å². The summed E-state index contributed by atoms with van der Waals surface area (Å²) in [7, 11) is 0. The summed E-state index contributed by atoms with van der Waals surface area (Å²) >= 11 is 3.01. The number of hydrogen-bond acceptors (Lipinski definition) is 5. The highest BCUT2D eigenvalue weighted by Gasteiger charge is 2.22. The third-order valence-electron chi connectivity index (χ3n) is 3.10. The van der Waals surface area contributed by atoms with Crippen molar-refractivity contribution in [2.45, 2.75) is 37.2 Å². The van der Waals surface area contributed by atoms with Crippen LogP contribution >= 0.6 is 23.5 Å². The van der Waals surface area contributed by atoms with Crippen LogP contribution in [0, 0.1) is 6.92 Å². The minimum absolute atomic E-state index is 0.00198. The van der Waals surface area contributed by atoms with Gasteiger partial charge in [0.05, 0.1) is 5.75 Å². The molecule has 2 heterocycles. The maximum Gasteiger partial charge on any atom is 0.313 e. The second-order valence-electron chi connectivity index (χ2n) is 5.48. The van der Waals surface area contributed by atoms with Crippen LogP contribution in [0.2, 0.25) is 0 Å². The van der Waals surface area contributed by atoms with Crippen molar-refractivity contribution in [3.63, 3.8) is 0 Å². The molecule has 0 atom stereocenters. The molecule has 0 saturated carbocycles. The molecule has 21 heavy (non-hydrogen) atoms. The minimum atomic E-state index is -0.841. The maximum atomic E-state index is 10.8. The van der Waals surface area contributed by atoms with E-state index in [0.29, 0.717) is 5.16 Å². The van der Waals surface area contributed by atoms with Crippen molar-refractivity contribution < 1.29 is 9.90 Å². The van der Waals surface area contributed by atoms with Crippen molar-refractivity contribution in [3.05, 3.63) is 17.8 Å². The first-order valence-electron chi connectivity index (χ1n) is 6.55. The molecule has 2 rings (SSSR count). The fraction of sp³-hybridized carbons (Fsp3) is 0.500. The van der Waals surface area contributed by atoms with Gasteiger partial charge in [0.25, 0.3) is 0 Å². The van der Waals surface area contributed by atoms with E-state index in [1.807, 2.05) is 23.8 Å². The summed E-state index contributed by atoms with van der Waals surface area (Å²) in [6.45, 7) is 7.02. The molecule has 0 aliphatic heterocycles. The normalized spacial score (nSPS) is 12.0. The Morgan fingerprint density at radius 3 is 2.81 bits per heavy atom. The lowest BCUT2D eigenvalue weighted by Gasteiger charge is -2.23. The first-order chi connectivity index (χ1) is 9.82. The Labute approximate surface area is 132 Å². The quantitative estimate of drug-likeness (QED) is 0.823. The van der Waals surface area contributed by atoms with E-state index in [4.69, 9.17) is 5.11 Å². The van der Waals surface area contributed by atoms with E-state index >= 15 is 0 Å². The van der Waals surface area contributed by atoms with E-state index < -0.39 is 5.97 Å². The Morgan fingerprint density at radius 2 is 2.19 bits per heavy atom. The standard InChI is InChI=1S/C14H19N3O2S2/c1-9-5-10-12(15-6-9)17(8-14(2,3)20-4)13(16-10)21-7-11(18)19/h5-6H,7-8H2,1-4H3,(H,18,19). The summed E-state index contributed by atoms with van der Waals surface area (Å²) in [5.41, 5.74) is 2.68. The van der Waals surface area contributed by atoms with Gasteiger partial charge in [-0.2, -0.15) is 11.8 Å². The largest absolute Gasteiger partial charge is 0.481 e.